The maximum absolute atomic E-state index is 13.5. The normalized spacial score (nSPS) is 13.1. The molecular formula is C13H9FINOS. The lowest BCUT2D eigenvalue weighted by atomic mass is 10.1. The number of benzene rings is 1. The molecule has 0 aliphatic heterocycles. The Kier molecular flexibility index (Phi) is 3.13. The van der Waals surface area contributed by atoms with E-state index >= 15 is 0 Å². The third-order valence-corrected chi connectivity index (χ3v) is 4.58. The fourth-order valence-electron chi connectivity index (χ4n) is 1.85. The first-order valence-electron chi connectivity index (χ1n) is 5.32. The van der Waals surface area contributed by atoms with Crippen LogP contribution in [0, 0.1) is 8.70 Å². The molecule has 5 heteroatoms. The molecule has 2 nitrogen and oxygen atoms in total. The van der Waals surface area contributed by atoms with Crippen LogP contribution in [0.3, 0.4) is 0 Å². The molecule has 3 rings (SSSR count). The quantitative estimate of drug-likeness (QED) is 0.681. The van der Waals surface area contributed by atoms with Crippen molar-refractivity contribution < 1.29 is 8.81 Å². The molecule has 2 N–H and O–H groups in total. The Labute approximate surface area is 121 Å². The van der Waals surface area contributed by atoms with Crippen molar-refractivity contribution in [2.24, 2.45) is 5.73 Å². The minimum atomic E-state index is -0.356. The maximum Gasteiger partial charge on any atom is 0.169 e. The van der Waals surface area contributed by atoms with E-state index in [2.05, 4.69) is 22.6 Å². The van der Waals surface area contributed by atoms with Gasteiger partial charge in [0.05, 0.1) is 8.93 Å². The van der Waals surface area contributed by atoms with Gasteiger partial charge in [0.25, 0.3) is 0 Å². The summed E-state index contributed by atoms with van der Waals surface area (Å²) in [6.45, 7) is 0. The summed E-state index contributed by atoms with van der Waals surface area (Å²) in [4.78, 5) is 0. The zero-order valence-electron chi connectivity index (χ0n) is 9.19. The second-order valence-corrected chi connectivity index (χ2v) is 6.77. The Morgan fingerprint density at radius 3 is 2.83 bits per heavy atom. The van der Waals surface area contributed by atoms with Crippen LogP contribution < -0.4 is 5.73 Å². The summed E-state index contributed by atoms with van der Waals surface area (Å²) in [6.07, 6.45) is 0. The molecule has 3 aromatic rings. The van der Waals surface area contributed by atoms with Crippen molar-refractivity contribution in [3.05, 3.63) is 55.7 Å². The Balaban J connectivity index is 2.06. The molecule has 0 bridgehead atoms. The van der Waals surface area contributed by atoms with Crippen LogP contribution in [0.1, 0.15) is 17.4 Å². The Morgan fingerprint density at radius 2 is 2.17 bits per heavy atom. The third-order valence-electron chi connectivity index (χ3n) is 2.77. The molecule has 0 aliphatic carbocycles. The number of hydrogen-bond donors (Lipinski definition) is 1. The van der Waals surface area contributed by atoms with Gasteiger partial charge in [-0.2, -0.15) is 0 Å². The minimum Gasteiger partial charge on any atom is -0.456 e. The van der Waals surface area contributed by atoms with Gasteiger partial charge in [0.1, 0.15) is 5.76 Å². The first-order valence-corrected chi connectivity index (χ1v) is 7.28. The summed E-state index contributed by atoms with van der Waals surface area (Å²) < 4.78 is 20.2. The number of hydrogen-bond acceptors (Lipinski definition) is 3. The molecule has 0 fully saturated rings. The van der Waals surface area contributed by atoms with Crippen molar-refractivity contribution in [1.82, 2.24) is 0 Å². The molecule has 0 radical (unpaired) electrons. The van der Waals surface area contributed by atoms with Crippen molar-refractivity contribution >= 4 is 44.9 Å². The van der Waals surface area contributed by atoms with Crippen molar-refractivity contribution in [3.63, 3.8) is 0 Å². The molecule has 1 unspecified atom stereocenters. The van der Waals surface area contributed by atoms with E-state index in [0.717, 1.165) is 10.9 Å². The number of thiophene rings is 1. The lowest BCUT2D eigenvalue weighted by Gasteiger charge is -2.05. The van der Waals surface area contributed by atoms with Gasteiger partial charge >= 0.3 is 0 Å². The molecule has 92 valence electrons. The molecule has 0 spiro atoms. The highest BCUT2D eigenvalue weighted by Crippen LogP contribution is 2.30. The minimum absolute atomic E-state index is 0.271. The predicted molar refractivity (Wildman–Crippen MR) is 79.2 cm³/mol. The Morgan fingerprint density at radius 1 is 1.33 bits per heavy atom. The highest BCUT2D eigenvalue weighted by molar-refractivity contribution is 14.1. The molecule has 2 aromatic heterocycles. The van der Waals surface area contributed by atoms with Gasteiger partial charge in [-0.25, -0.2) is 4.39 Å². The summed E-state index contributed by atoms with van der Waals surface area (Å²) in [5.41, 5.74) is 7.39. The van der Waals surface area contributed by atoms with Crippen LogP contribution in [0.2, 0.25) is 0 Å². The van der Waals surface area contributed by atoms with Crippen LogP contribution in [0.25, 0.3) is 11.0 Å². The molecule has 1 aromatic carbocycles. The van der Waals surface area contributed by atoms with Gasteiger partial charge in [0, 0.05) is 5.39 Å². The molecule has 0 saturated heterocycles. The lowest BCUT2D eigenvalue weighted by molar-refractivity contribution is 0.502. The van der Waals surface area contributed by atoms with Crippen LogP contribution in [-0.4, -0.2) is 0 Å². The molecule has 0 aliphatic rings. The van der Waals surface area contributed by atoms with Crippen LogP contribution in [0.4, 0.5) is 4.39 Å². The van der Waals surface area contributed by atoms with E-state index in [0.29, 0.717) is 5.76 Å². The first kappa shape index (κ1) is 12.1. The predicted octanol–water partition coefficient (Wildman–Crippen LogP) is 4.29. The molecule has 1 atom stereocenters. The summed E-state index contributed by atoms with van der Waals surface area (Å²) in [6, 6.07) is 8.32. The van der Waals surface area contributed by atoms with Gasteiger partial charge in [-0.05, 0) is 51.7 Å². The first-order chi connectivity index (χ1) is 8.65. The third kappa shape index (κ3) is 2.06. The van der Waals surface area contributed by atoms with Crippen LogP contribution in [0.15, 0.2) is 40.1 Å². The summed E-state index contributed by atoms with van der Waals surface area (Å²) in [7, 11) is 0. The average molecular weight is 373 g/mol. The number of rotatable bonds is 2. The molecule has 0 amide bonds. The Hall–Kier alpha value is -0.920. The van der Waals surface area contributed by atoms with Gasteiger partial charge < -0.3 is 10.2 Å². The van der Waals surface area contributed by atoms with E-state index in [9.17, 15) is 4.39 Å². The van der Waals surface area contributed by atoms with Gasteiger partial charge in [-0.3, -0.25) is 0 Å². The van der Waals surface area contributed by atoms with E-state index in [1.807, 2.05) is 17.5 Å². The van der Waals surface area contributed by atoms with Crippen molar-refractivity contribution in [3.8, 4) is 0 Å². The maximum atomic E-state index is 13.5. The number of fused-ring (bicyclic) bond motifs is 1. The van der Waals surface area contributed by atoms with Crippen LogP contribution in [-0.2, 0) is 0 Å². The molecule has 18 heavy (non-hydrogen) atoms. The van der Waals surface area contributed by atoms with Crippen molar-refractivity contribution in [2.75, 3.05) is 0 Å². The van der Waals surface area contributed by atoms with Gasteiger partial charge in [0.15, 0.2) is 11.4 Å². The smallest absolute Gasteiger partial charge is 0.169 e. The number of para-hydroxylation sites is 1. The summed E-state index contributed by atoms with van der Waals surface area (Å²) >= 11 is 3.87. The number of furan rings is 1. The monoisotopic (exact) mass is 373 g/mol. The largest absolute Gasteiger partial charge is 0.456 e. The highest BCUT2D eigenvalue weighted by Gasteiger charge is 2.16. The van der Waals surface area contributed by atoms with Crippen LogP contribution >= 0.6 is 33.9 Å². The molecule has 2 heterocycles. The van der Waals surface area contributed by atoms with Crippen molar-refractivity contribution in [1.29, 1.82) is 0 Å². The second kappa shape index (κ2) is 4.64. The number of halogens is 2. The van der Waals surface area contributed by atoms with E-state index in [4.69, 9.17) is 10.2 Å². The zero-order valence-corrected chi connectivity index (χ0v) is 12.2. The fourth-order valence-corrected chi connectivity index (χ4v) is 3.26. The summed E-state index contributed by atoms with van der Waals surface area (Å²) in [5, 5.41) is 2.74. The van der Waals surface area contributed by atoms with Gasteiger partial charge in [-0.15, -0.1) is 11.3 Å². The van der Waals surface area contributed by atoms with Gasteiger partial charge in [-0.1, -0.05) is 12.1 Å². The number of nitrogens with two attached hydrogens (primary N) is 1. The average Bonchev–Trinajstić information content (AvgIpc) is 2.95. The second-order valence-electron chi connectivity index (χ2n) is 3.97. The Bertz CT molecular complexity index is 706. The van der Waals surface area contributed by atoms with E-state index in [1.165, 1.54) is 8.95 Å². The van der Waals surface area contributed by atoms with Crippen LogP contribution in [0.5, 0.6) is 0 Å². The molecular weight excluding hydrogens is 364 g/mol. The van der Waals surface area contributed by atoms with E-state index in [1.54, 1.807) is 23.5 Å². The highest BCUT2D eigenvalue weighted by atomic mass is 127. The lowest BCUT2D eigenvalue weighted by Crippen LogP contribution is -2.09. The molecule has 0 saturated carbocycles. The topological polar surface area (TPSA) is 39.2 Å². The van der Waals surface area contributed by atoms with Gasteiger partial charge in [0.2, 0.25) is 0 Å². The zero-order chi connectivity index (χ0) is 12.7. The standard InChI is InChI=1S/C13H9FINOS/c14-9-3-1-2-7-4-10(17-13(7)9)12(16)8-5-11(15)18-6-8/h1-6,12H,16H2. The van der Waals surface area contributed by atoms with E-state index in [-0.39, 0.29) is 17.4 Å². The van der Waals surface area contributed by atoms with Crippen molar-refractivity contribution in [2.45, 2.75) is 6.04 Å². The fraction of sp³-hybridized carbons (Fsp3) is 0.0769. The summed E-state index contributed by atoms with van der Waals surface area (Å²) in [5.74, 6) is 0.232. The van der Waals surface area contributed by atoms with E-state index < -0.39 is 0 Å². The SMILES string of the molecule is NC(c1csc(I)c1)c1cc2cccc(F)c2o1.